The Labute approximate surface area is 115 Å². The van der Waals surface area contributed by atoms with Gasteiger partial charge in [-0.2, -0.15) is 13.2 Å². The van der Waals surface area contributed by atoms with Crippen LogP contribution in [0, 0.1) is 0 Å². The molecule has 0 aromatic heterocycles. The molecule has 1 atom stereocenters. The lowest BCUT2D eigenvalue weighted by atomic mass is 10.1. The second-order valence-electron chi connectivity index (χ2n) is 4.88. The molecule has 0 aliphatic heterocycles. The number of fused-ring (bicyclic) bond motifs is 1. The van der Waals surface area contributed by atoms with E-state index >= 15 is 0 Å². The molecule has 1 aliphatic rings. The third kappa shape index (κ3) is 4.38. The zero-order chi connectivity index (χ0) is 14.6. The smallest absolute Gasteiger partial charge is 0.411 e. The minimum atomic E-state index is -4.26. The van der Waals surface area contributed by atoms with Crippen LogP contribution in [0.5, 0.6) is 5.75 Å². The first kappa shape index (κ1) is 15.1. The van der Waals surface area contributed by atoms with Crippen LogP contribution >= 0.6 is 0 Å². The van der Waals surface area contributed by atoms with Crippen LogP contribution in [0.25, 0.3) is 0 Å². The molecule has 2 rings (SSSR count). The van der Waals surface area contributed by atoms with Crippen LogP contribution in [0.1, 0.15) is 30.0 Å². The average Bonchev–Trinajstić information content (AvgIpc) is 2.74. The maximum absolute atomic E-state index is 11.8. The summed E-state index contributed by atoms with van der Waals surface area (Å²) in [5.74, 6) is 0.730. The van der Waals surface area contributed by atoms with Gasteiger partial charge in [-0.15, -0.1) is 0 Å². The van der Waals surface area contributed by atoms with Crippen LogP contribution in [0.2, 0.25) is 0 Å². The van der Waals surface area contributed by atoms with Crippen LogP contribution in [-0.4, -0.2) is 26.0 Å². The molecule has 112 valence electrons. The standard InChI is InChI=1S/C14H18F3NO2/c15-14(16,17)9-19-6-1-7-20-11-3-4-12-10(8-11)2-5-13(12)18/h3-4,8,13H,1-2,5-7,9,18H2. The third-order valence-corrected chi connectivity index (χ3v) is 3.21. The Bertz CT molecular complexity index is 449. The van der Waals surface area contributed by atoms with Crippen molar-refractivity contribution < 1.29 is 22.6 Å². The first-order valence-corrected chi connectivity index (χ1v) is 6.61. The quantitative estimate of drug-likeness (QED) is 0.819. The molecule has 0 heterocycles. The molecule has 1 unspecified atom stereocenters. The van der Waals surface area contributed by atoms with Crippen molar-refractivity contribution in [3.05, 3.63) is 29.3 Å². The van der Waals surface area contributed by atoms with Crippen LogP contribution in [0.4, 0.5) is 13.2 Å². The number of rotatable bonds is 6. The fourth-order valence-corrected chi connectivity index (χ4v) is 2.26. The second-order valence-corrected chi connectivity index (χ2v) is 4.88. The fourth-order valence-electron chi connectivity index (χ4n) is 2.26. The van der Waals surface area contributed by atoms with Crippen molar-refractivity contribution in [3.8, 4) is 5.75 Å². The topological polar surface area (TPSA) is 44.5 Å². The summed E-state index contributed by atoms with van der Waals surface area (Å²) in [4.78, 5) is 0. The SMILES string of the molecule is NC1CCc2cc(OCCCOCC(F)(F)F)ccc21. The van der Waals surface area contributed by atoms with Gasteiger partial charge in [0.1, 0.15) is 12.4 Å². The molecule has 1 aliphatic carbocycles. The van der Waals surface area contributed by atoms with Gasteiger partial charge in [-0.1, -0.05) is 6.07 Å². The summed E-state index contributed by atoms with van der Waals surface area (Å²) >= 11 is 0. The van der Waals surface area contributed by atoms with E-state index in [-0.39, 0.29) is 12.6 Å². The Morgan fingerprint density at radius 1 is 1.25 bits per heavy atom. The number of nitrogens with two attached hydrogens (primary N) is 1. The van der Waals surface area contributed by atoms with Gasteiger partial charge in [0.05, 0.1) is 13.2 Å². The number of alkyl halides is 3. The Balaban J connectivity index is 1.68. The molecule has 0 amide bonds. The molecule has 0 saturated heterocycles. The molecular formula is C14H18F3NO2. The minimum Gasteiger partial charge on any atom is -0.493 e. The third-order valence-electron chi connectivity index (χ3n) is 3.21. The normalized spacial score (nSPS) is 18.1. The lowest BCUT2D eigenvalue weighted by molar-refractivity contribution is -0.174. The summed E-state index contributed by atoms with van der Waals surface area (Å²) < 4.78 is 45.5. The van der Waals surface area contributed by atoms with Crippen molar-refractivity contribution >= 4 is 0 Å². The molecule has 3 nitrogen and oxygen atoms in total. The summed E-state index contributed by atoms with van der Waals surface area (Å²) in [6.07, 6.45) is -1.95. The molecule has 1 aromatic rings. The van der Waals surface area contributed by atoms with Crippen molar-refractivity contribution in [1.29, 1.82) is 0 Å². The molecule has 6 heteroatoms. The van der Waals surface area contributed by atoms with E-state index < -0.39 is 12.8 Å². The van der Waals surface area contributed by atoms with E-state index in [0.717, 1.165) is 24.2 Å². The van der Waals surface area contributed by atoms with Gasteiger partial charge in [-0.25, -0.2) is 0 Å². The van der Waals surface area contributed by atoms with E-state index in [1.807, 2.05) is 18.2 Å². The summed E-state index contributed by atoms with van der Waals surface area (Å²) in [6, 6.07) is 5.87. The Morgan fingerprint density at radius 3 is 2.80 bits per heavy atom. The van der Waals surface area contributed by atoms with Crippen molar-refractivity contribution in [3.63, 3.8) is 0 Å². The van der Waals surface area contributed by atoms with Crippen LogP contribution in [0.15, 0.2) is 18.2 Å². The lowest BCUT2D eigenvalue weighted by Gasteiger charge is -2.10. The van der Waals surface area contributed by atoms with Crippen LogP contribution in [0.3, 0.4) is 0 Å². The summed E-state index contributed by atoms with van der Waals surface area (Å²) in [7, 11) is 0. The van der Waals surface area contributed by atoms with Crippen molar-refractivity contribution in [2.75, 3.05) is 19.8 Å². The number of benzene rings is 1. The Morgan fingerprint density at radius 2 is 2.05 bits per heavy atom. The van der Waals surface area contributed by atoms with E-state index in [1.165, 1.54) is 5.56 Å². The first-order valence-electron chi connectivity index (χ1n) is 6.61. The highest BCUT2D eigenvalue weighted by atomic mass is 19.4. The van der Waals surface area contributed by atoms with E-state index in [0.29, 0.717) is 13.0 Å². The largest absolute Gasteiger partial charge is 0.493 e. The van der Waals surface area contributed by atoms with E-state index in [4.69, 9.17) is 10.5 Å². The predicted molar refractivity (Wildman–Crippen MR) is 68.7 cm³/mol. The Hall–Kier alpha value is -1.27. The molecular weight excluding hydrogens is 271 g/mol. The number of halogens is 3. The van der Waals surface area contributed by atoms with E-state index in [9.17, 15) is 13.2 Å². The monoisotopic (exact) mass is 289 g/mol. The van der Waals surface area contributed by atoms with Gasteiger partial charge in [0.15, 0.2) is 0 Å². The van der Waals surface area contributed by atoms with Gasteiger partial charge in [0.2, 0.25) is 0 Å². The molecule has 0 radical (unpaired) electrons. The second kappa shape index (κ2) is 6.45. The van der Waals surface area contributed by atoms with E-state index in [2.05, 4.69) is 4.74 Å². The van der Waals surface area contributed by atoms with Crippen molar-refractivity contribution in [1.82, 2.24) is 0 Å². The average molecular weight is 289 g/mol. The molecule has 0 saturated carbocycles. The summed E-state index contributed by atoms with van der Waals surface area (Å²) in [6.45, 7) is -0.832. The van der Waals surface area contributed by atoms with Crippen LogP contribution < -0.4 is 10.5 Å². The predicted octanol–water partition coefficient (Wildman–Crippen LogP) is 2.98. The molecule has 2 N–H and O–H groups in total. The highest BCUT2D eigenvalue weighted by Crippen LogP contribution is 2.31. The summed E-state index contributed by atoms with van der Waals surface area (Å²) in [5.41, 5.74) is 8.29. The van der Waals surface area contributed by atoms with Gasteiger partial charge in [0.25, 0.3) is 0 Å². The van der Waals surface area contributed by atoms with Gasteiger partial charge >= 0.3 is 6.18 Å². The van der Waals surface area contributed by atoms with Gasteiger partial charge < -0.3 is 15.2 Å². The van der Waals surface area contributed by atoms with Gasteiger partial charge in [-0.05, 0) is 36.1 Å². The fraction of sp³-hybridized carbons (Fsp3) is 0.571. The van der Waals surface area contributed by atoms with Crippen LogP contribution in [-0.2, 0) is 11.2 Å². The first-order chi connectivity index (χ1) is 9.46. The number of aryl methyl sites for hydroxylation is 1. The zero-order valence-corrected chi connectivity index (χ0v) is 11.1. The van der Waals surface area contributed by atoms with E-state index in [1.54, 1.807) is 0 Å². The molecule has 0 fully saturated rings. The summed E-state index contributed by atoms with van der Waals surface area (Å²) in [5, 5.41) is 0. The molecule has 1 aromatic carbocycles. The molecule has 0 bridgehead atoms. The van der Waals surface area contributed by atoms with Crippen molar-refractivity contribution in [2.45, 2.75) is 31.5 Å². The van der Waals surface area contributed by atoms with Gasteiger partial charge in [0, 0.05) is 12.5 Å². The van der Waals surface area contributed by atoms with Crippen molar-refractivity contribution in [2.24, 2.45) is 5.73 Å². The molecule has 0 spiro atoms. The van der Waals surface area contributed by atoms with Gasteiger partial charge in [-0.3, -0.25) is 0 Å². The lowest BCUT2D eigenvalue weighted by Crippen LogP contribution is -2.18. The highest BCUT2D eigenvalue weighted by molar-refractivity contribution is 5.40. The highest BCUT2D eigenvalue weighted by Gasteiger charge is 2.27. The minimum absolute atomic E-state index is 0.0370. The number of hydrogen-bond donors (Lipinski definition) is 1. The number of ether oxygens (including phenoxy) is 2. The Kier molecular flexibility index (Phi) is 4.88. The maximum atomic E-state index is 11.8. The molecule has 20 heavy (non-hydrogen) atoms. The number of hydrogen-bond acceptors (Lipinski definition) is 3. The zero-order valence-electron chi connectivity index (χ0n) is 11.1. The maximum Gasteiger partial charge on any atom is 0.411 e.